The summed E-state index contributed by atoms with van der Waals surface area (Å²) in [5.41, 5.74) is 2.90. The number of sulfonamides is 1. The van der Waals surface area contributed by atoms with E-state index in [-0.39, 0.29) is 11.7 Å². The van der Waals surface area contributed by atoms with Gasteiger partial charge in [-0.25, -0.2) is 8.42 Å². The molecule has 2 aliphatic heterocycles. The van der Waals surface area contributed by atoms with E-state index in [0.717, 1.165) is 31.6 Å². The van der Waals surface area contributed by atoms with Crippen molar-refractivity contribution >= 4 is 21.6 Å². The number of benzene rings is 2. The Morgan fingerprint density at radius 3 is 2.48 bits per heavy atom. The van der Waals surface area contributed by atoms with Crippen LogP contribution in [-0.2, 0) is 16.6 Å². The second-order valence-corrected chi connectivity index (χ2v) is 10.0. The largest absolute Gasteiger partial charge is 0.337 e. The standard InChI is InChI=1S/C23H26N4O3S/c24-17-19-6-8-20(9-7-19)18-25-10-2-11-26(14-13-25)23(28)21-4-1-5-22(16-21)27-12-3-15-31(27,29)30/h1,4-9,16H,2-3,10-15,18H2. The van der Waals surface area contributed by atoms with Crippen molar-refractivity contribution in [1.82, 2.24) is 9.80 Å². The average Bonchev–Trinajstić information content (AvgIpc) is 2.98. The Hall–Kier alpha value is -2.89. The number of nitriles is 1. The second kappa shape index (κ2) is 9.08. The van der Waals surface area contributed by atoms with Crippen LogP contribution in [0.15, 0.2) is 48.5 Å². The van der Waals surface area contributed by atoms with Crippen molar-refractivity contribution in [3.8, 4) is 6.07 Å². The summed E-state index contributed by atoms with van der Waals surface area (Å²) >= 11 is 0. The zero-order chi connectivity index (χ0) is 21.8. The first-order valence-electron chi connectivity index (χ1n) is 10.6. The Bertz CT molecular complexity index is 1090. The Labute approximate surface area is 183 Å². The van der Waals surface area contributed by atoms with Gasteiger partial charge in [0.1, 0.15) is 0 Å². The van der Waals surface area contributed by atoms with Crippen LogP contribution in [0.2, 0.25) is 0 Å². The van der Waals surface area contributed by atoms with E-state index >= 15 is 0 Å². The van der Waals surface area contributed by atoms with Crippen LogP contribution in [0.3, 0.4) is 0 Å². The van der Waals surface area contributed by atoms with E-state index in [1.807, 2.05) is 29.2 Å². The fraction of sp³-hybridized carbons (Fsp3) is 0.391. The molecule has 0 bridgehead atoms. The van der Waals surface area contributed by atoms with Gasteiger partial charge in [-0.15, -0.1) is 0 Å². The minimum Gasteiger partial charge on any atom is -0.337 e. The molecule has 2 fully saturated rings. The maximum Gasteiger partial charge on any atom is 0.253 e. The van der Waals surface area contributed by atoms with Crippen molar-refractivity contribution in [1.29, 1.82) is 5.26 Å². The van der Waals surface area contributed by atoms with E-state index in [0.29, 0.717) is 42.9 Å². The molecule has 4 rings (SSSR count). The van der Waals surface area contributed by atoms with E-state index < -0.39 is 10.0 Å². The molecule has 162 valence electrons. The van der Waals surface area contributed by atoms with Gasteiger partial charge < -0.3 is 4.90 Å². The third kappa shape index (κ3) is 4.89. The molecule has 8 heteroatoms. The first-order valence-corrected chi connectivity index (χ1v) is 12.2. The van der Waals surface area contributed by atoms with Crippen LogP contribution < -0.4 is 4.31 Å². The molecule has 0 radical (unpaired) electrons. The molecule has 2 aromatic carbocycles. The summed E-state index contributed by atoms with van der Waals surface area (Å²) in [7, 11) is -3.27. The molecule has 0 spiro atoms. The highest BCUT2D eigenvalue weighted by atomic mass is 32.2. The summed E-state index contributed by atoms with van der Waals surface area (Å²) in [6, 6.07) is 16.7. The van der Waals surface area contributed by atoms with E-state index in [9.17, 15) is 13.2 Å². The van der Waals surface area contributed by atoms with E-state index in [2.05, 4.69) is 11.0 Å². The molecule has 0 aromatic heterocycles. The predicted octanol–water partition coefficient (Wildman–Crippen LogP) is 2.45. The molecule has 1 amide bonds. The molecule has 2 aliphatic rings. The lowest BCUT2D eigenvalue weighted by atomic mass is 10.1. The lowest BCUT2D eigenvalue weighted by molar-refractivity contribution is 0.0761. The van der Waals surface area contributed by atoms with Crippen molar-refractivity contribution in [2.24, 2.45) is 0 Å². The second-order valence-electron chi connectivity index (χ2n) is 8.02. The van der Waals surface area contributed by atoms with Gasteiger partial charge in [0.05, 0.1) is 23.1 Å². The molecule has 31 heavy (non-hydrogen) atoms. The van der Waals surface area contributed by atoms with Gasteiger partial charge in [0.15, 0.2) is 0 Å². The number of carbonyl (C=O) groups excluding carboxylic acids is 1. The molecule has 0 unspecified atom stereocenters. The highest BCUT2D eigenvalue weighted by molar-refractivity contribution is 7.93. The molecular formula is C23H26N4O3S. The highest BCUT2D eigenvalue weighted by Crippen LogP contribution is 2.25. The Morgan fingerprint density at radius 1 is 0.968 bits per heavy atom. The van der Waals surface area contributed by atoms with Gasteiger partial charge in [0.25, 0.3) is 5.91 Å². The third-order valence-electron chi connectivity index (χ3n) is 5.85. The SMILES string of the molecule is N#Cc1ccc(CN2CCCN(C(=O)c3cccc(N4CCCS4(=O)=O)c3)CC2)cc1. The summed E-state index contributed by atoms with van der Waals surface area (Å²) < 4.78 is 25.9. The smallest absolute Gasteiger partial charge is 0.253 e. The Balaban J connectivity index is 1.40. The molecule has 7 nitrogen and oxygen atoms in total. The number of hydrogen-bond acceptors (Lipinski definition) is 5. The van der Waals surface area contributed by atoms with Crippen molar-refractivity contribution in [3.63, 3.8) is 0 Å². The van der Waals surface area contributed by atoms with Gasteiger partial charge in [0.2, 0.25) is 10.0 Å². The van der Waals surface area contributed by atoms with Crippen molar-refractivity contribution < 1.29 is 13.2 Å². The molecular weight excluding hydrogens is 412 g/mol. The topological polar surface area (TPSA) is 84.7 Å². The molecule has 0 saturated carbocycles. The first-order chi connectivity index (χ1) is 15.0. The lowest BCUT2D eigenvalue weighted by Gasteiger charge is -2.23. The number of carbonyl (C=O) groups is 1. The van der Waals surface area contributed by atoms with Crippen LogP contribution in [0.4, 0.5) is 5.69 Å². The van der Waals surface area contributed by atoms with Crippen LogP contribution in [0.1, 0.15) is 34.3 Å². The quantitative estimate of drug-likeness (QED) is 0.732. The van der Waals surface area contributed by atoms with E-state index in [1.165, 1.54) is 4.31 Å². The van der Waals surface area contributed by atoms with Gasteiger partial charge in [-0.1, -0.05) is 18.2 Å². The molecule has 0 aliphatic carbocycles. The summed E-state index contributed by atoms with van der Waals surface area (Å²) in [5.74, 6) is 0.102. The lowest BCUT2D eigenvalue weighted by Crippen LogP contribution is -2.35. The monoisotopic (exact) mass is 438 g/mol. The van der Waals surface area contributed by atoms with Crippen molar-refractivity contribution in [2.45, 2.75) is 19.4 Å². The van der Waals surface area contributed by atoms with Crippen molar-refractivity contribution in [3.05, 3.63) is 65.2 Å². The van der Waals surface area contributed by atoms with Crippen LogP contribution in [0.5, 0.6) is 0 Å². The van der Waals surface area contributed by atoms with E-state index in [4.69, 9.17) is 5.26 Å². The summed E-state index contributed by atoms with van der Waals surface area (Å²) in [6.07, 6.45) is 1.49. The predicted molar refractivity (Wildman–Crippen MR) is 119 cm³/mol. The van der Waals surface area contributed by atoms with Crippen molar-refractivity contribution in [2.75, 3.05) is 42.8 Å². The number of amides is 1. The number of rotatable bonds is 4. The van der Waals surface area contributed by atoms with Crippen LogP contribution >= 0.6 is 0 Å². The Kier molecular flexibility index (Phi) is 6.25. The first kappa shape index (κ1) is 21.3. The number of hydrogen-bond donors (Lipinski definition) is 0. The molecule has 2 aromatic rings. The van der Waals surface area contributed by atoms with Gasteiger partial charge in [-0.3, -0.25) is 14.0 Å². The third-order valence-corrected chi connectivity index (χ3v) is 7.71. The fourth-order valence-corrected chi connectivity index (χ4v) is 5.74. The van der Waals surface area contributed by atoms with E-state index in [1.54, 1.807) is 24.3 Å². The summed E-state index contributed by atoms with van der Waals surface area (Å²) in [5, 5.41) is 8.94. The van der Waals surface area contributed by atoms with Crippen LogP contribution in [-0.4, -0.2) is 62.6 Å². The highest BCUT2D eigenvalue weighted by Gasteiger charge is 2.29. The van der Waals surface area contributed by atoms with Gasteiger partial charge in [-0.05, 0) is 48.7 Å². The number of anilines is 1. The molecule has 0 N–H and O–H groups in total. The molecule has 0 atom stereocenters. The zero-order valence-corrected chi connectivity index (χ0v) is 18.2. The van der Waals surface area contributed by atoms with Crippen LogP contribution in [0.25, 0.3) is 0 Å². The minimum atomic E-state index is -3.27. The van der Waals surface area contributed by atoms with Crippen LogP contribution in [0, 0.1) is 11.3 Å². The zero-order valence-electron chi connectivity index (χ0n) is 17.4. The summed E-state index contributed by atoms with van der Waals surface area (Å²) in [4.78, 5) is 17.3. The fourth-order valence-electron chi connectivity index (χ4n) is 4.18. The number of nitrogens with zero attached hydrogens (tertiary/aromatic N) is 4. The summed E-state index contributed by atoms with van der Waals surface area (Å²) in [6.45, 7) is 4.22. The maximum atomic E-state index is 13.1. The molecule has 2 saturated heterocycles. The minimum absolute atomic E-state index is 0.0568. The van der Waals surface area contributed by atoms with Gasteiger partial charge >= 0.3 is 0 Å². The van der Waals surface area contributed by atoms with Gasteiger partial charge in [-0.2, -0.15) is 5.26 Å². The van der Waals surface area contributed by atoms with Gasteiger partial charge in [0, 0.05) is 44.8 Å². The normalized spacial score (nSPS) is 19.1. The Morgan fingerprint density at radius 2 is 1.77 bits per heavy atom. The maximum absolute atomic E-state index is 13.1. The average molecular weight is 439 g/mol. The molecule has 2 heterocycles.